The first-order valence-corrected chi connectivity index (χ1v) is 7.64. The summed E-state index contributed by atoms with van der Waals surface area (Å²) in [6.07, 6.45) is 0. The number of benzene rings is 1. The quantitative estimate of drug-likeness (QED) is 0.717. The SMILES string of the molecule is C[C@@H]1CNCCN1c1nc(N)nc2c1oc1ccc(Cl)cc12. The number of halogens is 1. The van der Waals surface area contributed by atoms with E-state index < -0.39 is 0 Å². The molecule has 3 N–H and O–H groups in total. The van der Waals surface area contributed by atoms with Crippen LogP contribution in [0.25, 0.3) is 22.1 Å². The molecule has 2 aromatic heterocycles. The molecular weight excluding hydrogens is 302 g/mol. The Labute approximate surface area is 132 Å². The first kappa shape index (κ1) is 13.6. The van der Waals surface area contributed by atoms with Gasteiger partial charge in [-0.05, 0) is 25.1 Å². The van der Waals surface area contributed by atoms with Crippen molar-refractivity contribution in [3.63, 3.8) is 0 Å². The molecule has 0 unspecified atom stereocenters. The van der Waals surface area contributed by atoms with Gasteiger partial charge in [0.25, 0.3) is 0 Å². The maximum absolute atomic E-state index is 6.09. The average molecular weight is 318 g/mol. The Morgan fingerprint density at radius 1 is 1.41 bits per heavy atom. The Hall–Kier alpha value is -2.05. The lowest BCUT2D eigenvalue weighted by Crippen LogP contribution is -2.50. The van der Waals surface area contributed by atoms with Gasteiger partial charge in [-0.3, -0.25) is 0 Å². The van der Waals surface area contributed by atoms with Gasteiger partial charge in [0.1, 0.15) is 11.1 Å². The molecular formula is C15H16ClN5O. The number of nitrogens with two attached hydrogens (primary N) is 1. The highest BCUT2D eigenvalue weighted by atomic mass is 35.5. The third kappa shape index (κ3) is 2.07. The van der Waals surface area contributed by atoms with Crippen molar-refractivity contribution in [3.8, 4) is 0 Å². The molecule has 3 heterocycles. The van der Waals surface area contributed by atoms with Gasteiger partial charge >= 0.3 is 0 Å². The second kappa shape index (κ2) is 5.00. The van der Waals surface area contributed by atoms with E-state index in [9.17, 15) is 0 Å². The summed E-state index contributed by atoms with van der Waals surface area (Å²) in [5.41, 5.74) is 8.05. The molecule has 3 aromatic rings. The highest BCUT2D eigenvalue weighted by molar-refractivity contribution is 6.31. The van der Waals surface area contributed by atoms with E-state index in [0.717, 1.165) is 36.4 Å². The van der Waals surface area contributed by atoms with Crippen molar-refractivity contribution in [1.29, 1.82) is 0 Å². The van der Waals surface area contributed by atoms with Crippen LogP contribution in [0.5, 0.6) is 0 Å². The summed E-state index contributed by atoms with van der Waals surface area (Å²) in [5.74, 6) is 1.000. The summed E-state index contributed by atoms with van der Waals surface area (Å²) in [4.78, 5) is 11.0. The van der Waals surface area contributed by atoms with Gasteiger partial charge in [0, 0.05) is 36.1 Å². The minimum absolute atomic E-state index is 0.246. The van der Waals surface area contributed by atoms with Crippen LogP contribution in [-0.2, 0) is 0 Å². The zero-order valence-electron chi connectivity index (χ0n) is 12.1. The summed E-state index contributed by atoms with van der Waals surface area (Å²) in [6, 6.07) is 5.81. The molecule has 1 saturated heterocycles. The number of fused-ring (bicyclic) bond motifs is 3. The topological polar surface area (TPSA) is 80.2 Å². The second-order valence-electron chi connectivity index (χ2n) is 5.57. The standard InChI is InChI=1S/C15H16ClN5O/c1-8-7-18-4-5-21(8)14-13-12(19-15(17)20-14)10-6-9(16)2-3-11(10)22-13/h2-3,6,8,18H,4-5,7H2,1H3,(H2,17,19,20)/t8-/m1/s1. The van der Waals surface area contributed by atoms with E-state index in [-0.39, 0.29) is 5.95 Å². The van der Waals surface area contributed by atoms with Gasteiger partial charge in [-0.1, -0.05) is 11.6 Å². The Morgan fingerprint density at radius 2 is 2.27 bits per heavy atom. The van der Waals surface area contributed by atoms with Crippen LogP contribution in [0.15, 0.2) is 22.6 Å². The Balaban J connectivity index is 2.00. The van der Waals surface area contributed by atoms with Gasteiger partial charge in [0.15, 0.2) is 11.4 Å². The molecule has 4 rings (SSSR count). The zero-order chi connectivity index (χ0) is 15.3. The van der Waals surface area contributed by atoms with Gasteiger partial charge in [0.05, 0.1) is 0 Å². The molecule has 0 bridgehead atoms. The predicted octanol–water partition coefficient (Wildman–Crippen LogP) is 2.41. The third-order valence-electron chi connectivity index (χ3n) is 4.05. The number of nitrogen functional groups attached to an aromatic ring is 1. The normalized spacial score (nSPS) is 19.2. The molecule has 22 heavy (non-hydrogen) atoms. The fourth-order valence-corrected chi connectivity index (χ4v) is 3.14. The lowest BCUT2D eigenvalue weighted by molar-refractivity contribution is 0.495. The molecule has 0 saturated carbocycles. The van der Waals surface area contributed by atoms with E-state index in [0.29, 0.717) is 22.2 Å². The van der Waals surface area contributed by atoms with E-state index >= 15 is 0 Å². The first-order valence-electron chi connectivity index (χ1n) is 7.26. The third-order valence-corrected chi connectivity index (χ3v) is 4.28. The highest BCUT2D eigenvalue weighted by Crippen LogP contribution is 2.35. The van der Waals surface area contributed by atoms with E-state index in [2.05, 4.69) is 27.1 Å². The Bertz CT molecular complexity index is 862. The average Bonchev–Trinajstić information content (AvgIpc) is 2.85. The fourth-order valence-electron chi connectivity index (χ4n) is 2.97. The van der Waals surface area contributed by atoms with Crippen LogP contribution < -0.4 is 16.0 Å². The maximum atomic E-state index is 6.09. The summed E-state index contributed by atoms with van der Waals surface area (Å²) in [6.45, 7) is 4.81. The van der Waals surface area contributed by atoms with Crippen LogP contribution in [-0.4, -0.2) is 35.6 Å². The van der Waals surface area contributed by atoms with Gasteiger partial charge in [0.2, 0.25) is 5.95 Å². The van der Waals surface area contributed by atoms with Gasteiger partial charge in [-0.2, -0.15) is 4.98 Å². The smallest absolute Gasteiger partial charge is 0.222 e. The molecule has 0 amide bonds. The maximum Gasteiger partial charge on any atom is 0.222 e. The minimum atomic E-state index is 0.246. The molecule has 1 aliphatic rings. The van der Waals surface area contributed by atoms with Gasteiger partial charge in [-0.15, -0.1) is 0 Å². The highest BCUT2D eigenvalue weighted by Gasteiger charge is 2.25. The number of hydrogen-bond acceptors (Lipinski definition) is 6. The first-order chi connectivity index (χ1) is 10.6. The van der Waals surface area contributed by atoms with Crippen LogP contribution in [0.1, 0.15) is 6.92 Å². The monoisotopic (exact) mass is 317 g/mol. The zero-order valence-corrected chi connectivity index (χ0v) is 12.9. The van der Waals surface area contributed by atoms with Crippen LogP contribution in [0.4, 0.5) is 11.8 Å². The molecule has 0 radical (unpaired) electrons. The minimum Gasteiger partial charge on any atom is -0.450 e. The predicted molar refractivity (Wildman–Crippen MR) is 88.4 cm³/mol. The van der Waals surface area contributed by atoms with Crippen LogP contribution in [0, 0.1) is 0 Å². The van der Waals surface area contributed by atoms with Gasteiger partial charge in [-0.25, -0.2) is 4.98 Å². The van der Waals surface area contributed by atoms with Gasteiger partial charge < -0.3 is 20.4 Å². The Morgan fingerprint density at radius 3 is 3.09 bits per heavy atom. The van der Waals surface area contributed by atoms with Crippen molar-refractivity contribution >= 4 is 45.4 Å². The summed E-state index contributed by atoms with van der Waals surface area (Å²) in [5, 5.41) is 4.87. The summed E-state index contributed by atoms with van der Waals surface area (Å²) < 4.78 is 5.99. The molecule has 7 heteroatoms. The largest absolute Gasteiger partial charge is 0.450 e. The molecule has 6 nitrogen and oxygen atoms in total. The van der Waals surface area contributed by atoms with Crippen molar-refractivity contribution < 1.29 is 4.42 Å². The number of nitrogens with one attached hydrogen (secondary N) is 1. The van der Waals surface area contributed by atoms with Crippen molar-refractivity contribution in [3.05, 3.63) is 23.2 Å². The molecule has 1 atom stereocenters. The van der Waals surface area contributed by atoms with Crippen molar-refractivity contribution in [1.82, 2.24) is 15.3 Å². The van der Waals surface area contributed by atoms with Crippen molar-refractivity contribution in [2.45, 2.75) is 13.0 Å². The lowest BCUT2D eigenvalue weighted by atomic mass is 10.2. The molecule has 114 valence electrons. The number of hydrogen-bond donors (Lipinski definition) is 2. The molecule has 0 aliphatic carbocycles. The van der Waals surface area contributed by atoms with Crippen LogP contribution in [0.3, 0.4) is 0 Å². The molecule has 1 fully saturated rings. The van der Waals surface area contributed by atoms with E-state index in [1.165, 1.54) is 0 Å². The van der Waals surface area contributed by atoms with E-state index in [1.807, 2.05) is 12.1 Å². The number of furan rings is 1. The van der Waals surface area contributed by atoms with Crippen molar-refractivity contribution in [2.75, 3.05) is 30.3 Å². The Kier molecular flexibility index (Phi) is 3.09. The number of anilines is 2. The number of nitrogens with zero attached hydrogens (tertiary/aromatic N) is 3. The number of rotatable bonds is 1. The summed E-state index contributed by atoms with van der Waals surface area (Å²) >= 11 is 6.09. The second-order valence-corrected chi connectivity index (χ2v) is 6.01. The van der Waals surface area contributed by atoms with Crippen molar-refractivity contribution in [2.24, 2.45) is 0 Å². The molecule has 0 spiro atoms. The lowest BCUT2D eigenvalue weighted by Gasteiger charge is -2.34. The van der Waals surface area contributed by atoms with Crippen LogP contribution in [0.2, 0.25) is 5.02 Å². The summed E-state index contributed by atoms with van der Waals surface area (Å²) in [7, 11) is 0. The molecule has 1 aliphatic heterocycles. The fraction of sp³-hybridized carbons (Fsp3) is 0.333. The van der Waals surface area contributed by atoms with E-state index in [1.54, 1.807) is 6.07 Å². The number of aromatic nitrogens is 2. The van der Waals surface area contributed by atoms with Crippen LogP contribution >= 0.6 is 11.6 Å². The van der Waals surface area contributed by atoms with E-state index in [4.69, 9.17) is 21.8 Å². The number of piperazine rings is 1. The molecule has 1 aromatic carbocycles.